The van der Waals surface area contributed by atoms with Crippen LogP contribution in [0.25, 0.3) is 10.8 Å². The van der Waals surface area contributed by atoms with Crippen LogP contribution in [0.5, 0.6) is 0 Å². The maximum Gasteiger partial charge on any atom is 0.0899 e. The molecule has 0 saturated carbocycles. The van der Waals surface area contributed by atoms with E-state index in [1.54, 1.807) is 0 Å². The van der Waals surface area contributed by atoms with Crippen LogP contribution in [0.3, 0.4) is 0 Å². The highest BCUT2D eigenvalue weighted by Crippen LogP contribution is 2.22. The molecule has 1 atom stereocenters. The molecule has 0 amide bonds. The number of benzene rings is 2. The van der Waals surface area contributed by atoms with E-state index >= 15 is 0 Å². The molecule has 1 unspecified atom stereocenters. The van der Waals surface area contributed by atoms with Crippen molar-refractivity contribution in [1.29, 1.82) is 0 Å². The van der Waals surface area contributed by atoms with Crippen molar-refractivity contribution in [2.75, 3.05) is 0 Å². The summed E-state index contributed by atoms with van der Waals surface area (Å²) in [5, 5.41) is 12.6. The fourth-order valence-electron chi connectivity index (χ4n) is 2.03. The molecule has 0 aromatic heterocycles. The molecule has 0 fully saturated rings. The smallest absolute Gasteiger partial charge is 0.0899 e. The van der Waals surface area contributed by atoms with Gasteiger partial charge in [0.05, 0.1) is 14.2 Å². The van der Waals surface area contributed by atoms with E-state index < -0.39 is 14.2 Å². The summed E-state index contributed by atoms with van der Waals surface area (Å²) in [5.41, 5.74) is 0.950. The van der Waals surface area contributed by atoms with Gasteiger partial charge >= 0.3 is 0 Å². The number of hydrogen-bond donors (Lipinski definition) is 1. The number of rotatable bonds is 3. The van der Waals surface area contributed by atoms with E-state index in [9.17, 15) is 5.11 Å². The van der Waals surface area contributed by atoms with E-state index in [4.69, 9.17) is 0 Å². The van der Waals surface area contributed by atoms with Gasteiger partial charge in [0.2, 0.25) is 0 Å². The molecule has 0 aliphatic rings. The lowest BCUT2D eigenvalue weighted by Gasteiger charge is -2.10. The fourth-order valence-corrected chi connectivity index (χ4v) is 2.68. The summed E-state index contributed by atoms with van der Waals surface area (Å²) in [6.45, 7) is 6.92. The van der Waals surface area contributed by atoms with Crippen molar-refractivity contribution in [3.05, 3.63) is 48.0 Å². The SMILES string of the molecule is C[Si](C)(C)CC#CCC(O)c1ccc2ccccc2c1. The molecule has 0 radical (unpaired) electrons. The van der Waals surface area contributed by atoms with Crippen molar-refractivity contribution in [2.24, 2.45) is 0 Å². The van der Waals surface area contributed by atoms with Gasteiger partial charge in [-0.3, -0.25) is 0 Å². The van der Waals surface area contributed by atoms with E-state index in [-0.39, 0.29) is 0 Å². The van der Waals surface area contributed by atoms with Crippen molar-refractivity contribution >= 4 is 18.8 Å². The topological polar surface area (TPSA) is 20.2 Å². The van der Waals surface area contributed by atoms with Gasteiger partial charge in [-0.05, 0) is 22.4 Å². The standard InChI is InChI=1S/C18H22OSi/c1-20(2,3)13-7-6-10-18(19)17-12-11-15-8-4-5-9-16(15)14-17/h4-5,8-9,11-12,14,18-19H,10,13H2,1-3H3. The Hall–Kier alpha value is -1.56. The molecule has 104 valence electrons. The monoisotopic (exact) mass is 282 g/mol. The van der Waals surface area contributed by atoms with Crippen LogP contribution >= 0.6 is 0 Å². The lowest BCUT2D eigenvalue weighted by molar-refractivity contribution is 0.184. The third-order valence-corrected chi connectivity index (χ3v) is 4.43. The zero-order chi connectivity index (χ0) is 14.6. The first-order valence-electron chi connectivity index (χ1n) is 7.08. The molecular weight excluding hydrogens is 260 g/mol. The van der Waals surface area contributed by atoms with E-state index in [1.807, 2.05) is 18.2 Å². The zero-order valence-electron chi connectivity index (χ0n) is 12.5. The molecule has 0 aliphatic heterocycles. The molecule has 2 aromatic rings. The summed E-state index contributed by atoms with van der Waals surface area (Å²) in [4.78, 5) is 0. The van der Waals surface area contributed by atoms with Crippen LogP contribution in [-0.2, 0) is 0 Å². The average molecular weight is 282 g/mol. The zero-order valence-corrected chi connectivity index (χ0v) is 13.5. The molecule has 1 nitrogen and oxygen atoms in total. The van der Waals surface area contributed by atoms with Gasteiger partial charge in [0.25, 0.3) is 0 Å². The van der Waals surface area contributed by atoms with E-state index in [0.717, 1.165) is 11.6 Å². The summed E-state index contributed by atoms with van der Waals surface area (Å²) >= 11 is 0. The molecule has 0 bridgehead atoms. The highest BCUT2D eigenvalue weighted by atomic mass is 28.3. The lowest BCUT2D eigenvalue weighted by Crippen LogP contribution is -2.17. The van der Waals surface area contributed by atoms with Crippen molar-refractivity contribution in [1.82, 2.24) is 0 Å². The van der Waals surface area contributed by atoms with Gasteiger partial charge in [0.1, 0.15) is 0 Å². The molecule has 20 heavy (non-hydrogen) atoms. The van der Waals surface area contributed by atoms with Crippen LogP contribution in [0.4, 0.5) is 0 Å². The Kier molecular flexibility index (Phi) is 4.64. The summed E-state index contributed by atoms with van der Waals surface area (Å²) in [6.07, 6.45) is 0.0248. The quantitative estimate of drug-likeness (QED) is 0.644. The van der Waals surface area contributed by atoms with Gasteiger partial charge in [-0.2, -0.15) is 0 Å². The minimum absolute atomic E-state index is 0.492. The molecule has 2 aromatic carbocycles. The Bertz CT molecular complexity index is 643. The second kappa shape index (κ2) is 6.26. The molecule has 0 spiro atoms. The summed E-state index contributed by atoms with van der Waals surface area (Å²) in [7, 11) is -1.10. The Balaban J connectivity index is 2.06. The third-order valence-electron chi connectivity index (χ3n) is 3.20. The van der Waals surface area contributed by atoms with Crippen molar-refractivity contribution in [3.8, 4) is 11.8 Å². The van der Waals surface area contributed by atoms with Crippen molar-refractivity contribution in [3.63, 3.8) is 0 Å². The molecule has 0 heterocycles. The predicted octanol–water partition coefficient (Wildman–Crippen LogP) is 4.60. The van der Waals surface area contributed by atoms with Crippen LogP contribution in [0, 0.1) is 11.8 Å². The molecule has 0 aliphatic carbocycles. The maximum absolute atomic E-state index is 10.2. The molecular formula is C18H22OSi. The van der Waals surface area contributed by atoms with E-state index in [2.05, 4.69) is 55.7 Å². The highest BCUT2D eigenvalue weighted by molar-refractivity contribution is 6.76. The van der Waals surface area contributed by atoms with Gasteiger partial charge in [-0.25, -0.2) is 0 Å². The minimum atomic E-state index is -1.10. The van der Waals surface area contributed by atoms with Gasteiger partial charge < -0.3 is 5.11 Å². The van der Waals surface area contributed by atoms with Crippen LogP contribution in [0.15, 0.2) is 42.5 Å². The van der Waals surface area contributed by atoms with Crippen molar-refractivity contribution < 1.29 is 5.11 Å². The molecule has 0 saturated heterocycles. The Morgan fingerprint density at radius 2 is 1.70 bits per heavy atom. The largest absolute Gasteiger partial charge is 0.387 e. The minimum Gasteiger partial charge on any atom is -0.387 e. The van der Waals surface area contributed by atoms with E-state index in [0.29, 0.717) is 6.42 Å². The van der Waals surface area contributed by atoms with Crippen LogP contribution < -0.4 is 0 Å². The van der Waals surface area contributed by atoms with Crippen molar-refractivity contribution in [2.45, 2.75) is 38.2 Å². The second-order valence-electron chi connectivity index (χ2n) is 6.42. The Labute approximate surface area is 122 Å². The number of aliphatic hydroxyl groups is 1. The second-order valence-corrected chi connectivity index (χ2v) is 11.9. The Morgan fingerprint density at radius 1 is 1.00 bits per heavy atom. The average Bonchev–Trinajstić information content (AvgIpc) is 2.42. The van der Waals surface area contributed by atoms with Crippen LogP contribution in [0.1, 0.15) is 18.1 Å². The number of fused-ring (bicyclic) bond motifs is 1. The normalized spacial score (nSPS) is 12.8. The predicted molar refractivity (Wildman–Crippen MR) is 89.5 cm³/mol. The molecule has 2 heteroatoms. The van der Waals surface area contributed by atoms with Crippen LogP contribution in [0.2, 0.25) is 25.7 Å². The highest BCUT2D eigenvalue weighted by Gasteiger charge is 2.10. The summed E-state index contributed by atoms with van der Waals surface area (Å²) < 4.78 is 0. The maximum atomic E-state index is 10.2. The Morgan fingerprint density at radius 3 is 2.40 bits per heavy atom. The number of aliphatic hydroxyl groups excluding tert-OH is 1. The van der Waals surface area contributed by atoms with Gasteiger partial charge in [-0.15, -0.1) is 11.8 Å². The third kappa shape index (κ3) is 4.23. The van der Waals surface area contributed by atoms with Crippen LogP contribution in [-0.4, -0.2) is 13.2 Å². The molecule has 1 N–H and O–H groups in total. The van der Waals surface area contributed by atoms with Gasteiger partial charge in [0.15, 0.2) is 0 Å². The summed E-state index contributed by atoms with van der Waals surface area (Å²) in [5.74, 6) is 6.34. The first kappa shape index (κ1) is 14.8. The molecule has 2 rings (SSSR count). The van der Waals surface area contributed by atoms with Gasteiger partial charge in [0, 0.05) is 12.5 Å². The fraction of sp³-hybridized carbons (Fsp3) is 0.333. The first-order valence-corrected chi connectivity index (χ1v) is 10.8. The lowest BCUT2D eigenvalue weighted by atomic mass is 10.0. The number of hydrogen-bond acceptors (Lipinski definition) is 1. The first-order chi connectivity index (χ1) is 9.46. The summed E-state index contributed by atoms with van der Waals surface area (Å²) in [6, 6.07) is 15.3. The van der Waals surface area contributed by atoms with E-state index in [1.165, 1.54) is 10.8 Å². The van der Waals surface area contributed by atoms with Gasteiger partial charge in [-0.1, -0.05) is 56.0 Å².